The Kier molecular flexibility index (Phi) is 24.6. The second-order valence-corrected chi connectivity index (χ2v) is 11.8. The smallest absolute Gasteiger partial charge is 0.0152 e. The molecular formula is C52H70. The van der Waals surface area contributed by atoms with Gasteiger partial charge in [0.25, 0.3) is 0 Å². The fourth-order valence-electron chi connectivity index (χ4n) is 5.20. The van der Waals surface area contributed by atoms with Crippen LogP contribution in [0.1, 0.15) is 99.9 Å². The van der Waals surface area contributed by atoms with E-state index in [2.05, 4.69) is 189 Å². The number of hydrogen-bond acceptors (Lipinski definition) is 0. The minimum absolute atomic E-state index is 1.33. The zero-order valence-corrected chi connectivity index (χ0v) is 35.7. The van der Waals surface area contributed by atoms with Gasteiger partial charge in [-0.1, -0.05) is 189 Å². The molecule has 0 spiro atoms. The lowest BCUT2D eigenvalue weighted by molar-refractivity contribution is 1.34. The Morgan fingerprint density at radius 2 is 0.500 bits per heavy atom. The third-order valence-electron chi connectivity index (χ3n) is 8.73. The number of fused-ring (bicyclic) bond motifs is 3. The molecular weight excluding hydrogens is 625 g/mol. The van der Waals surface area contributed by atoms with Gasteiger partial charge in [0.15, 0.2) is 0 Å². The molecule has 7 aromatic carbocycles. The van der Waals surface area contributed by atoms with Crippen LogP contribution in [0.4, 0.5) is 0 Å². The van der Waals surface area contributed by atoms with E-state index in [1.807, 2.05) is 55.4 Å². The van der Waals surface area contributed by atoms with Crippen molar-refractivity contribution in [3.63, 3.8) is 0 Å². The van der Waals surface area contributed by atoms with E-state index < -0.39 is 0 Å². The molecule has 0 heteroatoms. The molecule has 7 rings (SSSR count). The summed E-state index contributed by atoms with van der Waals surface area (Å²) in [5.41, 5.74) is 11.0. The van der Waals surface area contributed by atoms with E-state index in [1.165, 1.54) is 76.8 Å². The molecule has 52 heavy (non-hydrogen) atoms. The number of hydrogen-bond donors (Lipinski definition) is 0. The average Bonchev–Trinajstić information content (AvgIpc) is 3.20. The maximum atomic E-state index is 2.24. The molecule has 0 radical (unpaired) electrons. The highest BCUT2D eigenvalue weighted by atomic mass is 14.0. The van der Waals surface area contributed by atoms with Gasteiger partial charge in [-0.25, -0.2) is 0 Å². The predicted molar refractivity (Wildman–Crippen MR) is 242 cm³/mol. The molecule has 0 N–H and O–H groups in total. The van der Waals surface area contributed by atoms with Crippen LogP contribution in [0.2, 0.25) is 0 Å². The summed E-state index contributed by atoms with van der Waals surface area (Å²) in [6.07, 6.45) is 0. The maximum absolute atomic E-state index is 2.24. The Labute approximate surface area is 320 Å². The standard InChI is InChI=1S/3C12H12.C8H10.4C2H6/c1-9-7-11-5-3-4-6-12(11)8-10(9)2;2*1-9-7-8-11-5-3-4-6-12(11)10(9)2;1-7-5-3-4-6-8(7)2;4*1-2/h3*3-8H,1-2H3;3-6H,1-2H3;4*1-2H3. The second-order valence-electron chi connectivity index (χ2n) is 11.8. The quantitative estimate of drug-likeness (QED) is 0.148. The largest absolute Gasteiger partial charge is 0.0683 e. The van der Waals surface area contributed by atoms with Crippen LogP contribution in [-0.4, -0.2) is 0 Å². The molecule has 0 saturated carbocycles. The molecule has 0 atom stereocenters. The summed E-state index contributed by atoms with van der Waals surface area (Å²) in [6, 6.07) is 47.0. The van der Waals surface area contributed by atoms with Gasteiger partial charge >= 0.3 is 0 Å². The summed E-state index contributed by atoms with van der Waals surface area (Å²) in [4.78, 5) is 0. The van der Waals surface area contributed by atoms with Crippen molar-refractivity contribution in [2.45, 2.75) is 111 Å². The first-order chi connectivity index (χ1) is 25.2. The summed E-state index contributed by atoms with van der Waals surface area (Å²) < 4.78 is 0. The van der Waals surface area contributed by atoms with Crippen molar-refractivity contribution in [3.8, 4) is 0 Å². The lowest BCUT2D eigenvalue weighted by Gasteiger charge is -2.04. The van der Waals surface area contributed by atoms with Gasteiger partial charge in [-0.15, -0.1) is 0 Å². The number of aryl methyl sites for hydroxylation is 8. The van der Waals surface area contributed by atoms with Gasteiger partial charge in [0.1, 0.15) is 0 Å². The van der Waals surface area contributed by atoms with E-state index >= 15 is 0 Å². The van der Waals surface area contributed by atoms with Gasteiger partial charge in [-0.05, 0) is 132 Å². The highest BCUT2D eigenvalue weighted by molar-refractivity contribution is 5.87. The normalized spacial score (nSPS) is 9.15. The molecule has 0 aliphatic carbocycles. The Hall–Kier alpha value is -4.68. The van der Waals surface area contributed by atoms with Crippen LogP contribution in [0.5, 0.6) is 0 Å². The van der Waals surface area contributed by atoms with E-state index in [-0.39, 0.29) is 0 Å². The first-order valence-corrected chi connectivity index (χ1v) is 19.5. The molecule has 0 saturated heterocycles. The van der Waals surface area contributed by atoms with Crippen molar-refractivity contribution < 1.29 is 0 Å². The van der Waals surface area contributed by atoms with Crippen LogP contribution in [0.25, 0.3) is 32.3 Å². The predicted octanol–water partition coefficient (Wildman–Crippen LogP) is 16.8. The molecule has 0 bridgehead atoms. The number of benzene rings is 7. The first kappa shape index (κ1) is 47.3. The van der Waals surface area contributed by atoms with Crippen molar-refractivity contribution in [2.75, 3.05) is 0 Å². The van der Waals surface area contributed by atoms with Crippen LogP contribution in [-0.2, 0) is 0 Å². The Balaban J connectivity index is 0.000000631. The van der Waals surface area contributed by atoms with Crippen molar-refractivity contribution in [1.29, 1.82) is 0 Å². The van der Waals surface area contributed by atoms with Crippen molar-refractivity contribution in [3.05, 3.63) is 178 Å². The van der Waals surface area contributed by atoms with E-state index in [1.54, 1.807) is 0 Å². The molecule has 0 aliphatic heterocycles. The third kappa shape index (κ3) is 14.9. The monoisotopic (exact) mass is 695 g/mol. The molecule has 0 heterocycles. The van der Waals surface area contributed by atoms with Gasteiger partial charge < -0.3 is 0 Å². The van der Waals surface area contributed by atoms with Crippen LogP contribution in [0.15, 0.2) is 133 Å². The summed E-state index contributed by atoms with van der Waals surface area (Å²) in [5, 5.41) is 8.08. The van der Waals surface area contributed by atoms with E-state index in [9.17, 15) is 0 Å². The molecule has 0 nitrogen and oxygen atoms in total. The Morgan fingerprint density at radius 3 is 0.808 bits per heavy atom. The summed E-state index contributed by atoms with van der Waals surface area (Å²) in [6.45, 7) is 33.2. The van der Waals surface area contributed by atoms with Gasteiger partial charge in [0.05, 0.1) is 0 Å². The SMILES string of the molecule is CC.CC.CC.CC.Cc1cc2ccccc2cc1C.Cc1ccc2ccccc2c1C.Cc1ccc2ccccc2c1C.Cc1ccccc1C. The molecule has 0 aromatic heterocycles. The van der Waals surface area contributed by atoms with Gasteiger partial charge in [0.2, 0.25) is 0 Å². The minimum Gasteiger partial charge on any atom is -0.0683 e. The van der Waals surface area contributed by atoms with Crippen LogP contribution in [0, 0.1) is 55.4 Å². The van der Waals surface area contributed by atoms with E-state index in [0.29, 0.717) is 0 Å². The third-order valence-corrected chi connectivity index (χ3v) is 8.73. The lowest BCUT2D eigenvalue weighted by atomic mass is 10.0. The molecule has 0 unspecified atom stereocenters. The van der Waals surface area contributed by atoms with E-state index in [0.717, 1.165) is 0 Å². The fourth-order valence-corrected chi connectivity index (χ4v) is 5.20. The zero-order valence-electron chi connectivity index (χ0n) is 35.7. The molecule has 0 aliphatic rings. The van der Waals surface area contributed by atoms with E-state index in [4.69, 9.17) is 0 Å². The summed E-state index contributed by atoms with van der Waals surface area (Å²) >= 11 is 0. The van der Waals surface area contributed by atoms with Gasteiger partial charge in [-0.2, -0.15) is 0 Å². The lowest BCUT2D eigenvalue weighted by Crippen LogP contribution is -1.82. The fraction of sp³-hybridized carbons (Fsp3) is 0.308. The minimum atomic E-state index is 1.33. The molecule has 278 valence electrons. The molecule has 0 amide bonds. The molecule has 0 fully saturated rings. The Morgan fingerprint density at radius 1 is 0.231 bits per heavy atom. The van der Waals surface area contributed by atoms with Gasteiger partial charge in [0, 0.05) is 0 Å². The van der Waals surface area contributed by atoms with Gasteiger partial charge in [-0.3, -0.25) is 0 Å². The summed E-state index contributed by atoms with van der Waals surface area (Å²) in [7, 11) is 0. The highest BCUT2D eigenvalue weighted by Crippen LogP contribution is 2.22. The van der Waals surface area contributed by atoms with Crippen LogP contribution in [0.3, 0.4) is 0 Å². The first-order valence-electron chi connectivity index (χ1n) is 19.5. The topological polar surface area (TPSA) is 0 Å². The van der Waals surface area contributed by atoms with Crippen molar-refractivity contribution in [1.82, 2.24) is 0 Å². The second kappa shape index (κ2) is 27.0. The Bertz CT molecular complexity index is 1830. The van der Waals surface area contributed by atoms with Crippen LogP contribution < -0.4 is 0 Å². The highest BCUT2D eigenvalue weighted by Gasteiger charge is 1.99. The zero-order chi connectivity index (χ0) is 39.6. The average molecular weight is 695 g/mol. The van der Waals surface area contributed by atoms with Crippen molar-refractivity contribution >= 4 is 32.3 Å². The molecule has 7 aromatic rings. The summed E-state index contributed by atoms with van der Waals surface area (Å²) in [5.74, 6) is 0. The van der Waals surface area contributed by atoms with Crippen LogP contribution >= 0.6 is 0 Å². The van der Waals surface area contributed by atoms with Crippen molar-refractivity contribution in [2.24, 2.45) is 0 Å². The maximum Gasteiger partial charge on any atom is -0.0152 e. The number of rotatable bonds is 0.